The van der Waals surface area contributed by atoms with Gasteiger partial charge in [0.05, 0.1) is 6.61 Å². The zero-order valence-electron chi connectivity index (χ0n) is 9.90. The van der Waals surface area contributed by atoms with E-state index in [9.17, 15) is 0 Å². The standard InChI is InChI=1S/C13H15IO3/c1-3-15-12-7-4-5-8-13(12)17-11(2)16-10-6-9-14/h4-5,7-8,11H,3,10H2,1-2H3. The molecule has 1 unspecified atom stereocenters. The fourth-order valence-corrected chi connectivity index (χ4v) is 1.38. The van der Waals surface area contributed by atoms with Crippen LogP contribution < -0.4 is 9.47 Å². The highest BCUT2D eigenvalue weighted by atomic mass is 127. The summed E-state index contributed by atoms with van der Waals surface area (Å²) < 4.78 is 19.2. The summed E-state index contributed by atoms with van der Waals surface area (Å²) in [5.74, 6) is 4.22. The number of para-hydroxylation sites is 2. The summed E-state index contributed by atoms with van der Waals surface area (Å²) >= 11 is 1.97. The van der Waals surface area contributed by atoms with E-state index in [1.165, 1.54) is 0 Å². The van der Waals surface area contributed by atoms with Crippen molar-refractivity contribution in [1.82, 2.24) is 0 Å². The van der Waals surface area contributed by atoms with Crippen LogP contribution in [-0.2, 0) is 4.74 Å². The van der Waals surface area contributed by atoms with E-state index in [2.05, 4.69) is 9.85 Å². The number of benzene rings is 1. The van der Waals surface area contributed by atoms with E-state index in [1.54, 1.807) is 0 Å². The number of hydrogen-bond donors (Lipinski definition) is 0. The average molecular weight is 346 g/mol. The van der Waals surface area contributed by atoms with Crippen molar-refractivity contribution in [3.63, 3.8) is 0 Å². The fourth-order valence-electron chi connectivity index (χ4n) is 1.22. The van der Waals surface area contributed by atoms with E-state index < -0.39 is 0 Å². The van der Waals surface area contributed by atoms with Crippen LogP contribution in [-0.4, -0.2) is 19.5 Å². The molecule has 1 atom stereocenters. The van der Waals surface area contributed by atoms with Crippen molar-refractivity contribution in [3.8, 4) is 21.3 Å². The zero-order chi connectivity index (χ0) is 12.5. The third-order valence-corrected chi connectivity index (χ3v) is 2.28. The molecule has 4 heteroatoms. The van der Waals surface area contributed by atoms with Crippen LogP contribution in [0.25, 0.3) is 0 Å². The summed E-state index contributed by atoms with van der Waals surface area (Å²) in [4.78, 5) is 0. The van der Waals surface area contributed by atoms with Gasteiger partial charge in [-0.2, -0.15) is 0 Å². The van der Waals surface area contributed by atoms with Crippen molar-refractivity contribution >= 4 is 22.6 Å². The van der Waals surface area contributed by atoms with Gasteiger partial charge in [-0.1, -0.05) is 18.1 Å². The summed E-state index contributed by atoms with van der Waals surface area (Å²) in [5, 5.41) is 0. The molecule has 1 rings (SSSR count). The van der Waals surface area contributed by atoms with E-state index in [1.807, 2.05) is 60.7 Å². The highest BCUT2D eigenvalue weighted by molar-refractivity contribution is 14.1. The minimum absolute atomic E-state index is 0.353. The zero-order valence-corrected chi connectivity index (χ0v) is 12.1. The van der Waals surface area contributed by atoms with Gasteiger partial charge in [0.25, 0.3) is 0 Å². The van der Waals surface area contributed by atoms with Gasteiger partial charge in [0.1, 0.15) is 6.61 Å². The maximum atomic E-state index is 5.63. The van der Waals surface area contributed by atoms with Crippen LogP contribution in [0.5, 0.6) is 11.5 Å². The third kappa shape index (κ3) is 5.29. The number of hydrogen-bond acceptors (Lipinski definition) is 3. The van der Waals surface area contributed by atoms with E-state index in [-0.39, 0.29) is 6.29 Å². The number of ether oxygens (including phenoxy) is 3. The van der Waals surface area contributed by atoms with Crippen molar-refractivity contribution in [2.75, 3.05) is 13.2 Å². The molecule has 17 heavy (non-hydrogen) atoms. The molecule has 0 aliphatic carbocycles. The van der Waals surface area contributed by atoms with E-state index in [0.717, 1.165) is 5.75 Å². The van der Waals surface area contributed by atoms with Crippen LogP contribution in [0.4, 0.5) is 0 Å². The molecule has 0 heterocycles. The third-order valence-electron chi connectivity index (χ3n) is 1.90. The lowest BCUT2D eigenvalue weighted by molar-refractivity contribution is -0.0540. The molecule has 0 bridgehead atoms. The largest absolute Gasteiger partial charge is 0.490 e. The molecule has 0 fully saturated rings. The Kier molecular flexibility index (Phi) is 6.82. The molecule has 0 aromatic heterocycles. The fraction of sp³-hybridized carbons (Fsp3) is 0.385. The molecule has 0 amide bonds. The monoisotopic (exact) mass is 346 g/mol. The normalized spacial score (nSPS) is 11.2. The SMILES string of the molecule is CCOc1ccccc1OC(C)OCC#CI. The predicted octanol–water partition coefficient (Wildman–Crippen LogP) is 3.22. The Balaban J connectivity index is 2.56. The van der Waals surface area contributed by atoms with Gasteiger partial charge in [0.2, 0.25) is 0 Å². The predicted molar refractivity (Wildman–Crippen MR) is 75.4 cm³/mol. The van der Waals surface area contributed by atoms with Gasteiger partial charge >= 0.3 is 0 Å². The molecule has 92 valence electrons. The van der Waals surface area contributed by atoms with Gasteiger partial charge in [0.15, 0.2) is 17.8 Å². The number of rotatable bonds is 6. The Morgan fingerprint density at radius 2 is 2.00 bits per heavy atom. The minimum Gasteiger partial charge on any atom is -0.490 e. The smallest absolute Gasteiger partial charge is 0.198 e. The first kappa shape index (κ1) is 14.1. The summed E-state index contributed by atoms with van der Waals surface area (Å²) in [6, 6.07) is 7.53. The lowest BCUT2D eigenvalue weighted by Crippen LogP contribution is -2.16. The molecule has 1 aromatic carbocycles. The Hall–Kier alpha value is -0.930. The Labute approximate surface area is 116 Å². The Bertz CT molecular complexity index is 395. The average Bonchev–Trinajstić information content (AvgIpc) is 2.32. The van der Waals surface area contributed by atoms with Crippen LogP contribution in [0.1, 0.15) is 13.8 Å². The second kappa shape index (κ2) is 8.20. The molecule has 0 aliphatic rings. The van der Waals surface area contributed by atoms with Crippen LogP contribution in [0.3, 0.4) is 0 Å². The molecule has 0 radical (unpaired) electrons. The van der Waals surface area contributed by atoms with Crippen LogP contribution in [0.2, 0.25) is 0 Å². The molecule has 0 N–H and O–H groups in total. The van der Waals surface area contributed by atoms with Gasteiger partial charge in [-0.15, -0.1) is 0 Å². The summed E-state index contributed by atoms with van der Waals surface area (Å²) in [7, 11) is 0. The second-order valence-electron chi connectivity index (χ2n) is 3.15. The summed E-state index contributed by atoms with van der Waals surface area (Å²) in [6.45, 7) is 4.74. The van der Waals surface area contributed by atoms with Gasteiger partial charge < -0.3 is 14.2 Å². The van der Waals surface area contributed by atoms with E-state index >= 15 is 0 Å². The van der Waals surface area contributed by atoms with Gasteiger partial charge in [-0.3, -0.25) is 0 Å². The molecular weight excluding hydrogens is 331 g/mol. The minimum atomic E-state index is -0.353. The number of halogens is 1. The molecule has 3 nitrogen and oxygen atoms in total. The topological polar surface area (TPSA) is 27.7 Å². The van der Waals surface area contributed by atoms with Gasteiger partial charge in [-0.25, -0.2) is 0 Å². The summed E-state index contributed by atoms with van der Waals surface area (Å²) in [5.41, 5.74) is 0. The van der Waals surface area contributed by atoms with Crippen molar-refractivity contribution < 1.29 is 14.2 Å². The van der Waals surface area contributed by atoms with Crippen LogP contribution in [0.15, 0.2) is 24.3 Å². The van der Waals surface area contributed by atoms with Gasteiger partial charge in [-0.05, 0) is 29.9 Å². The molecule has 0 spiro atoms. The quantitative estimate of drug-likeness (QED) is 0.450. The first-order valence-corrected chi connectivity index (χ1v) is 6.44. The lowest BCUT2D eigenvalue weighted by atomic mass is 10.3. The molecular formula is C13H15IO3. The Morgan fingerprint density at radius 1 is 1.29 bits per heavy atom. The highest BCUT2D eigenvalue weighted by Crippen LogP contribution is 2.27. The molecule has 0 aliphatic heterocycles. The second-order valence-corrected chi connectivity index (χ2v) is 3.69. The Morgan fingerprint density at radius 3 is 2.65 bits per heavy atom. The van der Waals surface area contributed by atoms with Gasteiger partial charge in [0, 0.05) is 22.6 Å². The van der Waals surface area contributed by atoms with Crippen molar-refractivity contribution in [2.24, 2.45) is 0 Å². The van der Waals surface area contributed by atoms with Crippen LogP contribution >= 0.6 is 22.6 Å². The van der Waals surface area contributed by atoms with Crippen LogP contribution in [0, 0.1) is 9.85 Å². The first-order chi connectivity index (χ1) is 8.27. The molecule has 0 saturated heterocycles. The highest BCUT2D eigenvalue weighted by Gasteiger charge is 2.08. The summed E-state index contributed by atoms with van der Waals surface area (Å²) in [6.07, 6.45) is -0.353. The molecule has 1 aromatic rings. The van der Waals surface area contributed by atoms with Crippen molar-refractivity contribution in [2.45, 2.75) is 20.1 Å². The maximum absolute atomic E-state index is 5.63. The maximum Gasteiger partial charge on any atom is 0.198 e. The van der Waals surface area contributed by atoms with Crippen molar-refractivity contribution in [3.05, 3.63) is 24.3 Å². The van der Waals surface area contributed by atoms with E-state index in [0.29, 0.717) is 19.0 Å². The first-order valence-electron chi connectivity index (χ1n) is 5.36. The lowest BCUT2D eigenvalue weighted by Gasteiger charge is -2.16. The van der Waals surface area contributed by atoms with E-state index in [4.69, 9.17) is 14.2 Å². The molecule has 0 saturated carbocycles. The van der Waals surface area contributed by atoms with Crippen molar-refractivity contribution in [1.29, 1.82) is 0 Å².